The molecule has 0 aromatic heterocycles. The fourth-order valence-electron chi connectivity index (χ4n) is 1.54. The number of carbonyl (C=O) groups excluding carboxylic acids is 2. The number of esters is 1. The third kappa shape index (κ3) is 4.69. The van der Waals surface area contributed by atoms with Crippen LogP contribution in [0.1, 0.15) is 6.42 Å². The maximum Gasteiger partial charge on any atom is 0.492 e. The van der Waals surface area contributed by atoms with Gasteiger partial charge in [0.25, 0.3) is 0 Å². The Hall–Kier alpha value is -2.09. The third-order valence-corrected chi connectivity index (χ3v) is 2.58. The average Bonchev–Trinajstić information content (AvgIpc) is 2.40. The van der Waals surface area contributed by atoms with Crippen LogP contribution in [-0.2, 0) is 19.2 Å². The van der Waals surface area contributed by atoms with Gasteiger partial charge in [-0.1, -0.05) is 10.2 Å². The topological polar surface area (TPSA) is 114 Å². The van der Waals surface area contributed by atoms with Crippen LogP contribution in [0.25, 0.3) is 0 Å². The molecular formula is C9H9F6N3O5. The Morgan fingerprint density at radius 1 is 1.17 bits per heavy atom. The summed E-state index contributed by atoms with van der Waals surface area (Å²) in [6.45, 7) is -0.648. The van der Waals surface area contributed by atoms with E-state index in [0.717, 1.165) is 0 Å². The monoisotopic (exact) mass is 353 g/mol. The lowest BCUT2D eigenvalue weighted by Crippen LogP contribution is -2.60. The van der Waals surface area contributed by atoms with Crippen molar-refractivity contribution in [2.75, 3.05) is 6.54 Å². The lowest BCUT2D eigenvalue weighted by atomic mass is 10.0. The molecule has 1 heterocycles. The normalized spacial score (nSPS) is 25.3. The van der Waals surface area contributed by atoms with Crippen molar-refractivity contribution in [1.82, 2.24) is 5.06 Å². The van der Waals surface area contributed by atoms with Gasteiger partial charge in [0.1, 0.15) is 6.04 Å². The maximum atomic E-state index is 12.2. The fourth-order valence-corrected chi connectivity index (χ4v) is 1.54. The van der Waals surface area contributed by atoms with Crippen LogP contribution in [0.4, 0.5) is 26.3 Å². The second-order valence-corrected chi connectivity index (χ2v) is 4.18. The summed E-state index contributed by atoms with van der Waals surface area (Å²) in [4.78, 5) is 25.4. The standard InChI is InChI=1S/C9H9F6N3O5/c10-8(11,12)6(19)22-5-4(16)3(17-21)1-2-18(5)23-7(20)9(13,14)15/h4-5,21H,1-2,16H2/b17-3+. The second-order valence-electron chi connectivity index (χ2n) is 4.18. The number of nitrogens with two attached hydrogens (primary N) is 1. The Morgan fingerprint density at radius 3 is 2.13 bits per heavy atom. The van der Waals surface area contributed by atoms with Crippen molar-refractivity contribution in [3.63, 3.8) is 0 Å². The molecule has 0 aromatic carbocycles. The number of oxime groups is 1. The van der Waals surface area contributed by atoms with Crippen molar-refractivity contribution in [2.45, 2.75) is 31.0 Å². The molecule has 0 aliphatic carbocycles. The summed E-state index contributed by atoms with van der Waals surface area (Å²) < 4.78 is 76.9. The Labute approximate surface area is 123 Å². The van der Waals surface area contributed by atoms with E-state index in [2.05, 4.69) is 14.7 Å². The lowest BCUT2D eigenvalue weighted by molar-refractivity contribution is -0.279. The van der Waals surface area contributed by atoms with E-state index in [9.17, 15) is 35.9 Å². The molecule has 2 atom stereocenters. The van der Waals surface area contributed by atoms with Crippen LogP contribution in [0.5, 0.6) is 0 Å². The minimum absolute atomic E-state index is 0.0266. The molecule has 1 aliphatic rings. The number of alkyl halides is 6. The zero-order chi connectivity index (χ0) is 18.0. The molecule has 1 fully saturated rings. The number of nitrogens with zero attached hydrogens (tertiary/aromatic N) is 2. The van der Waals surface area contributed by atoms with Crippen LogP contribution in [0.15, 0.2) is 5.16 Å². The molecule has 8 nitrogen and oxygen atoms in total. The van der Waals surface area contributed by atoms with Crippen LogP contribution in [0.2, 0.25) is 0 Å². The Morgan fingerprint density at radius 2 is 1.70 bits per heavy atom. The Balaban J connectivity index is 2.98. The molecule has 1 aliphatic heterocycles. The van der Waals surface area contributed by atoms with Crippen molar-refractivity contribution >= 4 is 17.7 Å². The molecule has 14 heteroatoms. The van der Waals surface area contributed by atoms with Gasteiger partial charge in [-0.15, -0.1) is 0 Å². The number of ether oxygens (including phenoxy) is 1. The van der Waals surface area contributed by atoms with E-state index in [1.807, 2.05) is 0 Å². The molecule has 23 heavy (non-hydrogen) atoms. The molecule has 1 saturated heterocycles. The van der Waals surface area contributed by atoms with E-state index in [4.69, 9.17) is 10.9 Å². The Bertz CT molecular complexity index is 505. The average molecular weight is 353 g/mol. The summed E-state index contributed by atoms with van der Waals surface area (Å²) in [5.41, 5.74) is 4.99. The fraction of sp³-hybridized carbons (Fsp3) is 0.667. The molecule has 0 radical (unpaired) electrons. The van der Waals surface area contributed by atoms with E-state index < -0.39 is 43.1 Å². The largest absolute Gasteiger partial charge is 0.492 e. The van der Waals surface area contributed by atoms with Crippen molar-refractivity contribution in [3.05, 3.63) is 0 Å². The van der Waals surface area contributed by atoms with Gasteiger partial charge in [0, 0.05) is 13.0 Å². The first-order chi connectivity index (χ1) is 10.4. The van der Waals surface area contributed by atoms with Gasteiger partial charge in [-0.25, -0.2) is 9.59 Å². The quantitative estimate of drug-likeness (QED) is 0.318. The highest BCUT2D eigenvalue weighted by Gasteiger charge is 2.49. The number of halogens is 6. The second kappa shape index (κ2) is 6.57. The first kappa shape index (κ1) is 19.0. The zero-order valence-electron chi connectivity index (χ0n) is 10.9. The predicted molar refractivity (Wildman–Crippen MR) is 56.6 cm³/mol. The molecule has 0 aromatic rings. The number of hydroxylamine groups is 2. The molecule has 2 unspecified atom stereocenters. The SMILES string of the molecule is NC1/C(=N/O)CCN(OC(=O)C(F)(F)F)C1OC(=O)C(F)(F)F. The van der Waals surface area contributed by atoms with Gasteiger partial charge in [-0.3, -0.25) is 0 Å². The number of rotatable bonds is 2. The first-order valence-corrected chi connectivity index (χ1v) is 5.68. The van der Waals surface area contributed by atoms with Crippen molar-refractivity contribution in [3.8, 4) is 0 Å². The van der Waals surface area contributed by atoms with Gasteiger partial charge < -0.3 is 20.5 Å². The number of hydrogen-bond acceptors (Lipinski definition) is 8. The van der Waals surface area contributed by atoms with E-state index >= 15 is 0 Å². The predicted octanol–water partition coefficient (Wildman–Crippen LogP) is 0.302. The highest BCUT2D eigenvalue weighted by Crippen LogP contribution is 2.24. The third-order valence-electron chi connectivity index (χ3n) is 2.58. The van der Waals surface area contributed by atoms with Gasteiger partial charge in [0.15, 0.2) is 0 Å². The highest BCUT2D eigenvalue weighted by molar-refractivity contribution is 5.90. The van der Waals surface area contributed by atoms with Crippen LogP contribution in [0, 0.1) is 0 Å². The maximum absolute atomic E-state index is 12.2. The summed E-state index contributed by atoms with van der Waals surface area (Å²) >= 11 is 0. The summed E-state index contributed by atoms with van der Waals surface area (Å²) in [5.74, 6) is -5.52. The highest BCUT2D eigenvalue weighted by atomic mass is 19.4. The zero-order valence-corrected chi connectivity index (χ0v) is 10.9. The van der Waals surface area contributed by atoms with E-state index in [0.29, 0.717) is 0 Å². The minimum atomic E-state index is -5.46. The van der Waals surface area contributed by atoms with Crippen molar-refractivity contribution < 1.29 is 50.7 Å². The summed E-state index contributed by atoms with van der Waals surface area (Å²) in [6.07, 6.45) is -13.5. The van der Waals surface area contributed by atoms with Gasteiger partial charge in [0.05, 0.1) is 5.71 Å². The van der Waals surface area contributed by atoms with Crippen LogP contribution >= 0.6 is 0 Å². The molecule has 132 valence electrons. The van der Waals surface area contributed by atoms with Gasteiger partial charge in [-0.05, 0) is 0 Å². The van der Waals surface area contributed by atoms with Gasteiger partial charge >= 0.3 is 24.3 Å². The first-order valence-electron chi connectivity index (χ1n) is 5.68. The number of hydrogen-bond donors (Lipinski definition) is 2. The van der Waals surface area contributed by atoms with E-state index in [1.165, 1.54) is 0 Å². The smallest absolute Gasteiger partial charge is 0.434 e. The van der Waals surface area contributed by atoms with Gasteiger partial charge in [-0.2, -0.15) is 26.3 Å². The van der Waals surface area contributed by atoms with Crippen LogP contribution in [-0.4, -0.2) is 59.1 Å². The molecule has 0 spiro atoms. The summed E-state index contributed by atoms with van der Waals surface area (Å²) in [6, 6.07) is -1.75. The Kier molecular flexibility index (Phi) is 5.42. The van der Waals surface area contributed by atoms with E-state index in [1.54, 1.807) is 0 Å². The van der Waals surface area contributed by atoms with E-state index in [-0.39, 0.29) is 17.2 Å². The number of carbonyl (C=O) groups is 2. The van der Waals surface area contributed by atoms with Crippen molar-refractivity contribution in [1.29, 1.82) is 0 Å². The van der Waals surface area contributed by atoms with Gasteiger partial charge in [0.2, 0.25) is 6.23 Å². The minimum Gasteiger partial charge on any atom is -0.434 e. The summed E-state index contributed by atoms with van der Waals surface area (Å²) in [7, 11) is 0. The van der Waals surface area contributed by atoms with Crippen molar-refractivity contribution in [2.24, 2.45) is 10.9 Å². The molecule has 0 amide bonds. The molecule has 1 rings (SSSR count). The van der Waals surface area contributed by atoms with Crippen LogP contribution in [0.3, 0.4) is 0 Å². The molecule has 0 saturated carbocycles. The van der Waals surface area contributed by atoms with Crippen LogP contribution < -0.4 is 5.73 Å². The number of piperidine rings is 1. The molecular weight excluding hydrogens is 344 g/mol. The lowest BCUT2D eigenvalue weighted by Gasteiger charge is -2.37. The summed E-state index contributed by atoms with van der Waals surface area (Å²) in [5, 5.41) is 11.3. The molecule has 3 N–H and O–H groups in total. The molecule has 0 bridgehead atoms.